The lowest BCUT2D eigenvalue weighted by Gasteiger charge is -2.03. The lowest BCUT2D eigenvalue weighted by Crippen LogP contribution is -2.13. The Bertz CT molecular complexity index is 122. The van der Waals surface area contributed by atoms with E-state index in [1.165, 1.54) is 19.3 Å². The molecule has 1 aliphatic heterocycles. The van der Waals surface area contributed by atoms with Gasteiger partial charge in [-0.15, -0.1) is 0 Å². The molecule has 0 aromatic heterocycles. The van der Waals surface area contributed by atoms with Gasteiger partial charge in [-0.1, -0.05) is 19.8 Å². The van der Waals surface area contributed by atoms with Crippen LogP contribution in [-0.2, 0) is 4.79 Å². The van der Waals surface area contributed by atoms with Crippen LogP contribution in [0.2, 0.25) is 0 Å². The Hall–Kier alpha value is -0.530. The van der Waals surface area contributed by atoms with E-state index in [4.69, 9.17) is 0 Å². The molecule has 0 unspecified atom stereocenters. The first-order valence-electron chi connectivity index (χ1n) is 4.09. The van der Waals surface area contributed by atoms with Crippen LogP contribution < -0.4 is 5.32 Å². The SMILES string of the molecule is CCCC[C@@H]1CNC(=O)C1. The highest BCUT2D eigenvalue weighted by molar-refractivity contribution is 5.78. The monoisotopic (exact) mass is 141 g/mol. The minimum Gasteiger partial charge on any atom is -0.356 e. The third-order valence-electron chi connectivity index (χ3n) is 2.03. The molecule has 0 spiro atoms. The van der Waals surface area contributed by atoms with Crippen LogP contribution in [0, 0.1) is 5.92 Å². The number of carbonyl (C=O) groups is 1. The summed E-state index contributed by atoms with van der Waals surface area (Å²) < 4.78 is 0. The lowest BCUT2D eigenvalue weighted by atomic mass is 10.0. The van der Waals surface area contributed by atoms with Crippen LogP contribution >= 0.6 is 0 Å². The maximum absolute atomic E-state index is 10.7. The molecule has 1 aliphatic rings. The van der Waals surface area contributed by atoms with E-state index in [0.717, 1.165) is 13.0 Å². The van der Waals surface area contributed by atoms with Crippen molar-refractivity contribution in [3.05, 3.63) is 0 Å². The molecule has 1 rings (SSSR count). The van der Waals surface area contributed by atoms with E-state index in [1.54, 1.807) is 0 Å². The number of carbonyl (C=O) groups excluding carboxylic acids is 1. The normalized spacial score (nSPS) is 24.9. The second-order valence-electron chi connectivity index (χ2n) is 3.02. The minimum absolute atomic E-state index is 0.237. The van der Waals surface area contributed by atoms with Crippen LogP contribution in [0.5, 0.6) is 0 Å². The maximum atomic E-state index is 10.7. The van der Waals surface area contributed by atoms with Crippen molar-refractivity contribution < 1.29 is 4.79 Å². The molecule has 1 heterocycles. The van der Waals surface area contributed by atoms with Gasteiger partial charge in [0.25, 0.3) is 0 Å². The number of amides is 1. The van der Waals surface area contributed by atoms with E-state index < -0.39 is 0 Å². The molecule has 2 nitrogen and oxygen atoms in total. The summed E-state index contributed by atoms with van der Waals surface area (Å²) in [5.41, 5.74) is 0. The van der Waals surface area contributed by atoms with Crippen molar-refractivity contribution in [2.24, 2.45) is 5.92 Å². The summed E-state index contributed by atoms with van der Waals surface area (Å²) in [4.78, 5) is 10.7. The molecule has 1 saturated heterocycles. The van der Waals surface area contributed by atoms with Crippen LogP contribution in [0.1, 0.15) is 32.6 Å². The summed E-state index contributed by atoms with van der Waals surface area (Å²) in [7, 11) is 0. The number of unbranched alkanes of at least 4 members (excludes halogenated alkanes) is 1. The van der Waals surface area contributed by atoms with Crippen LogP contribution in [0.4, 0.5) is 0 Å². The first-order chi connectivity index (χ1) is 4.83. The van der Waals surface area contributed by atoms with Gasteiger partial charge in [0.05, 0.1) is 0 Å². The van der Waals surface area contributed by atoms with Gasteiger partial charge < -0.3 is 5.32 Å². The van der Waals surface area contributed by atoms with Crippen molar-refractivity contribution in [2.45, 2.75) is 32.6 Å². The van der Waals surface area contributed by atoms with Gasteiger partial charge in [0.2, 0.25) is 5.91 Å². The van der Waals surface area contributed by atoms with Gasteiger partial charge in [0.15, 0.2) is 0 Å². The molecule has 2 heteroatoms. The Morgan fingerprint density at radius 1 is 1.70 bits per heavy atom. The average Bonchev–Trinajstić information content (AvgIpc) is 2.31. The second kappa shape index (κ2) is 3.59. The predicted molar refractivity (Wildman–Crippen MR) is 40.6 cm³/mol. The Morgan fingerprint density at radius 2 is 2.50 bits per heavy atom. The van der Waals surface area contributed by atoms with E-state index >= 15 is 0 Å². The van der Waals surface area contributed by atoms with Gasteiger partial charge in [-0.3, -0.25) is 4.79 Å². The molecule has 1 atom stereocenters. The first-order valence-corrected chi connectivity index (χ1v) is 4.09. The number of hydrogen-bond acceptors (Lipinski definition) is 1. The summed E-state index contributed by atoms with van der Waals surface area (Å²) in [5.74, 6) is 0.869. The standard InChI is InChI=1S/C8H15NO/c1-2-3-4-7-5-8(10)9-6-7/h7H,2-6H2,1H3,(H,9,10)/t7-/m0/s1. The summed E-state index contributed by atoms with van der Waals surface area (Å²) in [6, 6.07) is 0. The average molecular weight is 141 g/mol. The fourth-order valence-electron chi connectivity index (χ4n) is 1.36. The molecule has 0 aromatic rings. The molecule has 58 valence electrons. The van der Waals surface area contributed by atoms with Crippen molar-refractivity contribution in [3.63, 3.8) is 0 Å². The van der Waals surface area contributed by atoms with Crippen LogP contribution in [0.25, 0.3) is 0 Å². The highest BCUT2D eigenvalue weighted by atomic mass is 16.1. The zero-order chi connectivity index (χ0) is 7.40. The van der Waals surface area contributed by atoms with E-state index in [-0.39, 0.29) is 5.91 Å². The molecular formula is C8H15NO. The fraction of sp³-hybridized carbons (Fsp3) is 0.875. The third kappa shape index (κ3) is 2.01. The summed E-state index contributed by atoms with van der Waals surface area (Å²) in [5, 5.41) is 2.84. The summed E-state index contributed by atoms with van der Waals surface area (Å²) in [6.45, 7) is 3.10. The Balaban J connectivity index is 2.12. The Kier molecular flexibility index (Phi) is 2.72. The Morgan fingerprint density at radius 3 is 3.00 bits per heavy atom. The summed E-state index contributed by atoms with van der Waals surface area (Å²) in [6.07, 6.45) is 4.49. The second-order valence-corrected chi connectivity index (χ2v) is 3.02. The van der Waals surface area contributed by atoms with E-state index in [0.29, 0.717) is 5.92 Å². The molecule has 0 bridgehead atoms. The molecule has 1 N–H and O–H groups in total. The largest absolute Gasteiger partial charge is 0.356 e. The molecule has 0 aromatic carbocycles. The highest BCUT2D eigenvalue weighted by Crippen LogP contribution is 2.15. The van der Waals surface area contributed by atoms with E-state index in [2.05, 4.69) is 12.2 Å². The van der Waals surface area contributed by atoms with Gasteiger partial charge in [-0.2, -0.15) is 0 Å². The minimum atomic E-state index is 0.237. The van der Waals surface area contributed by atoms with E-state index in [1.807, 2.05) is 0 Å². The lowest BCUT2D eigenvalue weighted by molar-refractivity contribution is -0.119. The highest BCUT2D eigenvalue weighted by Gasteiger charge is 2.19. The van der Waals surface area contributed by atoms with Crippen molar-refractivity contribution >= 4 is 5.91 Å². The molecule has 10 heavy (non-hydrogen) atoms. The third-order valence-corrected chi connectivity index (χ3v) is 2.03. The zero-order valence-corrected chi connectivity index (χ0v) is 6.52. The maximum Gasteiger partial charge on any atom is 0.220 e. The van der Waals surface area contributed by atoms with Crippen LogP contribution in [0.15, 0.2) is 0 Å². The van der Waals surface area contributed by atoms with Crippen molar-refractivity contribution in [3.8, 4) is 0 Å². The van der Waals surface area contributed by atoms with Crippen LogP contribution in [-0.4, -0.2) is 12.5 Å². The van der Waals surface area contributed by atoms with Crippen LogP contribution in [0.3, 0.4) is 0 Å². The molecule has 0 radical (unpaired) electrons. The molecule has 1 fully saturated rings. The van der Waals surface area contributed by atoms with Crippen molar-refractivity contribution in [1.29, 1.82) is 0 Å². The number of hydrogen-bond donors (Lipinski definition) is 1. The van der Waals surface area contributed by atoms with E-state index in [9.17, 15) is 4.79 Å². The van der Waals surface area contributed by atoms with Gasteiger partial charge >= 0.3 is 0 Å². The van der Waals surface area contributed by atoms with Gasteiger partial charge in [-0.05, 0) is 12.3 Å². The van der Waals surface area contributed by atoms with Crippen molar-refractivity contribution in [2.75, 3.05) is 6.54 Å². The van der Waals surface area contributed by atoms with Crippen molar-refractivity contribution in [1.82, 2.24) is 5.32 Å². The first kappa shape index (κ1) is 7.58. The fourth-order valence-corrected chi connectivity index (χ4v) is 1.36. The summed E-state index contributed by atoms with van der Waals surface area (Å²) >= 11 is 0. The molecular weight excluding hydrogens is 126 g/mol. The quantitative estimate of drug-likeness (QED) is 0.631. The van der Waals surface area contributed by atoms with Gasteiger partial charge in [-0.25, -0.2) is 0 Å². The molecule has 1 amide bonds. The Labute approximate surface area is 62.0 Å². The van der Waals surface area contributed by atoms with Gasteiger partial charge in [0, 0.05) is 13.0 Å². The zero-order valence-electron chi connectivity index (χ0n) is 6.52. The molecule has 0 aliphatic carbocycles. The number of rotatable bonds is 3. The topological polar surface area (TPSA) is 29.1 Å². The number of nitrogens with one attached hydrogen (secondary N) is 1. The predicted octanol–water partition coefficient (Wildman–Crippen LogP) is 1.31. The molecule has 0 saturated carbocycles. The smallest absolute Gasteiger partial charge is 0.220 e. The van der Waals surface area contributed by atoms with Gasteiger partial charge in [0.1, 0.15) is 0 Å².